The van der Waals surface area contributed by atoms with Crippen molar-refractivity contribution >= 4 is 34.1 Å². The smallest absolute Gasteiger partial charge is 0.406 e. The Hall–Kier alpha value is -3.86. The second-order valence-electron chi connectivity index (χ2n) is 6.97. The highest BCUT2D eigenvalue weighted by Gasteiger charge is 2.31. The van der Waals surface area contributed by atoms with E-state index in [2.05, 4.69) is 20.3 Å². The SMILES string of the molecule is Cc1nn(CC(=O)Nc2ccc(OC(F)(F)F)cc2)c(=O)c2c1cnn2-c1cccc(Cl)c1. The molecular weight excluding hydrogens is 463 g/mol. The summed E-state index contributed by atoms with van der Waals surface area (Å²) < 4.78 is 43.0. The van der Waals surface area contributed by atoms with Gasteiger partial charge in [-0.05, 0) is 49.4 Å². The molecule has 2 heterocycles. The Morgan fingerprint density at radius 3 is 2.58 bits per heavy atom. The molecule has 0 saturated carbocycles. The molecule has 0 aliphatic heterocycles. The molecule has 0 unspecified atom stereocenters. The molecule has 1 N–H and O–H groups in total. The Balaban J connectivity index is 1.59. The standard InChI is InChI=1S/C21H15ClF3N5O3/c1-12-17-10-26-30(15-4-2-3-13(22)9-15)19(17)20(32)29(28-12)11-18(31)27-14-5-7-16(8-6-14)33-21(23,24)25/h2-10H,11H2,1H3,(H,27,31). The molecule has 0 bridgehead atoms. The van der Waals surface area contributed by atoms with Gasteiger partial charge in [0.2, 0.25) is 5.91 Å². The molecular formula is C21H15ClF3N5O3. The molecule has 12 heteroatoms. The van der Waals surface area contributed by atoms with Gasteiger partial charge in [0, 0.05) is 16.1 Å². The summed E-state index contributed by atoms with van der Waals surface area (Å²) in [5.41, 5.74) is 0.962. The molecule has 0 radical (unpaired) electrons. The molecule has 1 amide bonds. The number of hydrogen-bond acceptors (Lipinski definition) is 5. The fourth-order valence-corrected chi connectivity index (χ4v) is 3.39. The molecule has 4 rings (SSSR count). The summed E-state index contributed by atoms with van der Waals surface area (Å²) in [6.45, 7) is 1.26. The number of benzene rings is 2. The Labute approximate surface area is 189 Å². The van der Waals surface area contributed by atoms with Crippen molar-refractivity contribution in [2.45, 2.75) is 19.8 Å². The van der Waals surface area contributed by atoms with Crippen LogP contribution < -0.4 is 15.6 Å². The normalized spacial score (nSPS) is 11.5. The predicted octanol–water partition coefficient (Wildman–Crippen LogP) is 4.08. The second-order valence-corrected chi connectivity index (χ2v) is 7.40. The zero-order valence-electron chi connectivity index (χ0n) is 16.9. The van der Waals surface area contributed by atoms with Crippen molar-refractivity contribution in [3.8, 4) is 11.4 Å². The van der Waals surface area contributed by atoms with Crippen LogP contribution in [0.5, 0.6) is 5.75 Å². The molecule has 170 valence electrons. The van der Waals surface area contributed by atoms with Crippen molar-refractivity contribution in [1.29, 1.82) is 0 Å². The maximum Gasteiger partial charge on any atom is 0.573 e. The van der Waals surface area contributed by atoms with Gasteiger partial charge in [-0.15, -0.1) is 13.2 Å². The van der Waals surface area contributed by atoms with Crippen LogP contribution in [-0.2, 0) is 11.3 Å². The number of nitrogens with one attached hydrogen (secondary N) is 1. The molecule has 0 atom stereocenters. The van der Waals surface area contributed by atoms with Crippen LogP contribution >= 0.6 is 11.6 Å². The van der Waals surface area contributed by atoms with Crippen molar-refractivity contribution in [3.05, 3.63) is 75.8 Å². The summed E-state index contributed by atoms with van der Waals surface area (Å²) >= 11 is 6.05. The number of carbonyl (C=O) groups is 1. The number of aromatic nitrogens is 4. The molecule has 0 saturated heterocycles. The third kappa shape index (κ3) is 4.98. The van der Waals surface area contributed by atoms with E-state index >= 15 is 0 Å². The number of aryl methyl sites for hydroxylation is 1. The van der Waals surface area contributed by atoms with Crippen molar-refractivity contribution in [1.82, 2.24) is 19.6 Å². The Kier molecular flexibility index (Phi) is 5.81. The highest BCUT2D eigenvalue weighted by atomic mass is 35.5. The average Bonchev–Trinajstić information content (AvgIpc) is 3.18. The van der Waals surface area contributed by atoms with Crippen molar-refractivity contribution in [2.24, 2.45) is 0 Å². The largest absolute Gasteiger partial charge is 0.573 e. The van der Waals surface area contributed by atoms with Crippen molar-refractivity contribution < 1.29 is 22.7 Å². The number of rotatable bonds is 5. The monoisotopic (exact) mass is 477 g/mol. The molecule has 33 heavy (non-hydrogen) atoms. The number of carbonyl (C=O) groups excluding carboxylic acids is 1. The van der Waals surface area contributed by atoms with Crippen LogP contribution in [0.2, 0.25) is 5.02 Å². The van der Waals surface area contributed by atoms with Gasteiger partial charge in [-0.1, -0.05) is 17.7 Å². The third-order valence-electron chi connectivity index (χ3n) is 4.58. The predicted molar refractivity (Wildman–Crippen MR) is 115 cm³/mol. The fourth-order valence-electron chi connectivity index (χ4n) is 3.21. The van der Waals surface area contributed by atoms with Gasteiger partial charge in [0.15, 0.2) is 0 Å². The van der Waals surface area contributed by atoms with E-state index in [1.54, 1.807) is 31.2 Å². The molecule has 0 aliphatic rings. The highest BCUT2D eigenvalue weighted by Crippen LogP contribution is 2.24. The first-order chi connectivity index (χ1) is 15.6. The van der Waals surface area contributed by atoms with Gasteiger partial charge in [-0.25, -0.2) is 9.36 Å². The Bertz CT molecular complexity index is 1400. The summed E-state index contributed by atoms with van der Waals surface area (Å²) in [4.78, 5) is 25.6. The van der Waals surface area contributed by atoms with E-state index in [-0.39, 0.29) is 11.2 Å². The van der Waals surface area contributed by atoms with Gasteiger partial charge in [0.25, 0.3) is 5.56 Å². The summed E-state index contributed by atoms with van der Waals surface area (Å²) in [5.74, 6) is -1.02. The van der Waals surface area contributed by atoms with Gasteiger partial charge in [-0.2, -0.15) is 10.2 Å². The molecule has 0 fully saturated rings. The minimum atomic E-state index is -4.81. The van der Waals surface area contributed by atoms with Crippen LogP contribution in [0.3, 0.4) is 0 Å². The number of alkyl halides is 3. The van der Waals surface area contributed by atoms with Crippen LogP contribution in [0.4, 0.5) is 18.9 Å². The first-order valence-electron chi connectivity index (χ1n) is 9.48. The summed E-state index contributed by atoms with van der Waals surface area (Å²) in [7, 11) is 0. The number of hydrogen-bond donors (Lipinski definition) is 1. The lowest BCUT2D eigenvalue weighted by molar-refractivity contribution is -0.274. The number of halogens is 4. The van der Waals surface area contributed by atoms with Crippen molar-refractivity contribution in [2.75, 3.05) is 5.32 Å². The number of anilines is 1. The molecule has 8 nitrogen and oxygen atoms in total. The number of nitrogens with zero attached hydrogens (tertiary/aromatic N) is 4. The lowest BCUT2D eigenvalue weighted by Gasteiger charge is -2.11. The first kappa shape index (κ1) is 22.3. The number of fused-ring (bicyclic) bond motifs is 1. The van der Waals surface area contributed by atoms with Gasteiger partial charge in [0.05, 0.1) is 17.6 Å². The van der Waals surface area contributed by atoms with E-state index in [1.807, 2.05) is 0 Å². The Morgan fingerprint density at radius 1 is 1.18 bits per heavy atom. The lowest BCUT2D eigenvalue weighted by Crippen LogP contribution is -2.31. The Morgan fingerprint density at radius 2 is 1.91 bits per heavy atom. The highest BCUT2D eigenvalue weighted by molar-refractivity contribution is 6.30. The van der Waals surface area contributed by atoms with E-state index in [1.165, 1.54) is 23.0 Å². The summed E-state index contributed by atoms with van der Waals surface area (Å²) in [6, 6.07) is 11.4. The molecule has 2 aromatic carbocycles. The minimum absolute atomic E-state index is 0.226. The minimum Gasteiger partial charge on any atom is -0.406 e. The zero-order chi connectivity index (χ0) is 23.8. The van der Waals surface area contributed by atoms with Gasteiger partial charge in [0.1, 0.15) is 17.8 Å². The topological polar surface area (TPSA) is 91.0 Å². The average molecular weight is 478 g/mol. The maximum absolute atomic E-state index is 13.1. The summed E-state index contributed by atoms with van der Waals surface area (Å²) in [5, 5.41) is 11.9. The van der Waals surface area contributed by atoms with Crippen LogP contribution in [-0.4, -0.2) is 31.8 Å². The van der Waals surface area contributed by atoms with Gasteiger partial charge < -0.3 is 10.1 Å². The van der Waals surface area contributed by atoms with E-state index in [0.29, 0.717) is 21.8 Å². The van der Waals surface area contributed by atoms with E-state index in [0.717, 1.165) is 16.8 Å². The van der Waals surface area contributed by atoms with Crippen LogP contribution in [0.1, 0.15) is 5.69 Å². The number of amides is 1. The van der Waals surface area contributed by atoms with Crippen LogP contribution in [0, 0.1) is 6.92 Å². The van der Waals surface area contributed by atoms with Crippen LogP contribution in [0.15, 0.2) is 59.5 Å². The fraction of sp³-hybridized carbons (Fsp3) is 0.143. The zero-order valence-corrected chi connectivity index (χ0v) is 17.7. The van der Waals surface area contributed by atoms with Gasteiger partial charge >= 0.3 is 6.36 Å². The van der Waals surface area contributed by atoms with Crippen molar-refractivity contribution in [3.63, 3.8) is 0 Å². The molecule has 2 aromatic heterocycles. The maximum atomic E-state index is 13.1. The summed E-state index contributed by atoms with van der Waals surface area (Å²) in [6.07, 6.45) is -3.30. The molecule has 0 aliphatic carbocycles. The van der Waals surface area contributed by atoms with E-state index in [9.17, 15) is 22.8 Å². The molecule has 0 spiro atoms. The third-order valence-corrected chi connectivity index (χ3v) is 4.82. The van der Waals surface area contributed by atoms with E-state index in [4.69, 9.17) is 11.6 Å². The lowest BCUT2D eigenvalue weighted by atomic mass is 10.2. The second kappa shape index (κ2) is 8.58. The van der Waals surface area contributed by atoms with E-state index < -0.39 is 30.1 Å². The first-order valence-corrected chi connectivity index (χ1v) is 9.85. The number of ether oxygens (including phenoxy) is 1. The van der Waals surface area contributed by atoms with Crippen LogP contribution in [0.25, 0.3) is 16.6 Å². The molecule has 4 aromatic rings. The quantitative estimate of drug-likeness (QED) is 0.467. The van der Waals surface area contributed by atoms with Gasteiger partial charge in [-0.3, -0.25) is 9.59 Å².